The van der Waals surface area contributed by atoms with E-state index in [1.165, 1.54) is 5.56 Å². The van der Waals surface area contributed by atoms with Gasteiger partial charge in [-0.3, -0.25) is 9.69 Å². The van der Waals surface area contributed by atoms with Crippen LogP contribution in [0.15, 0.2) is 54.6 Å². The highest BCUT2D eigenvalue weighted by Gasteiger charge is 2.23. The van der Waals surface area contributed by atoms with Crippen molar-refractivity contribution in [2.75, 3.05) is 40.0 Å². The Morgan fingerprint density at radius 2 is 1.92 bits per heavy atom. The summed E-state index contributed by atoms with van der Waals surface area (Å²) < 4.78 is 10.7. The van der Waals surface area contributed by atoms with Crippen molar-refractivity contribution in [3.8, 4) is 5.75 Å². The van der Waals surface area contributed by atoms with Crippen molar-refractivity contribution in [2.24, 2.45) is 0 Å². The number of hydrogen-bond acceptors (Lipinski definition) is 4. The molecule has 0 spiro atoms. The molecule has 5 nitrogen and oxygen atoms in total. The Hall–Kier alpha value is -2.37. The first-order valence-corrected chi connectivity index (χ1v) is 9.02. The molecule has 1 amide bonds. The van der Waals surface area contributed by atoms with Crippen molar-refractivity contribution in [1.82, 2.24) is 10.2 Å². The summed E-state index contributed by atoms with van der Waals surface area (Å²) in [7, 11) is 1.63. The average molecular weight is 354 g/mol. The van der Waals surface area contributed by atoms with Gasteiger partial charge in [-0.2, -0.15) is 0 Å². The average Bonchev–Trinajstić information content (AvgIpc) is 2.70. The van der Waals surface area contributed by atoms with Crippen LogP contribution in [0, 0.1) is 0 Å². The second-order valence-electron chi connectivity index (χ2n) is 6.41. The molecule has 1 fully saturated rings. The van der Waals surface area contributed by atoms with E-state index in [4.69, 9.17) is 9.47 Å². The van der Waals surface area contributed by atoms with Crippen molar-refractivity contribution in [3.63, 3.8) is 0 Å². The van der Waals surface area contributed by atoms with E-state index >= 15 is 0 Å². The largest absolute Gasteiger partial charge is 0.497 e. The first-order chi connectivity index (χ1) is 12.8. The fourth-order valence-electron chi connectivity index (χ4n) is 3.26. The minimum atomic E-state index is 0.0208. The van der Waals surface area contributed by atoms with Gasteiger partial charge in [0.05, 0.1) is 32.8 Å². The number of rotatable bonds is 7. The van der Waals surface area contributed by atoms with Crippen molar-refractivity contribution in [3.05, 3.63) is 65.7 Å². The van der Waals surface area contributed by atoms with Crippen LogP contribution in [-0.4, -0.2) is 50.8 Å². The van der Waals surface area contributed by atoms with Crippen LogP contribution in [0.25, 0.3) is 0 Å². The molecule has 0 radical (unpaired) electrons. The minimum absolute atomic E-state index is 0.0208. The van der Waals surface area contributed by atoms with Crippen LogP contribution in [0.5, 0.6) is 5.75 Å². The number of methoxy groups -OCH3 is 1. The van der Waals surface area contributed by atoms with Gasteiger partial charge in [0, 0.05) is 19.6 Å². The third kappa shape index (κ3) is 5.07. The second-order valence-corrected chi connectivity index (χ2v) is 6.41. The zero-order valence-corrected chi connectivity index (χ0v) is 15.2. The molecule has 26 heavy (non-hydrogen) atoms. The lowest BCUT2D eigenvalue weighted by atomic mass is 10.0. The van der Waals surface area contributed by atoms with Crippen LogP contribution in [0.4, 0.5) is 0 Å². The van der Waals surface area contributed by atoms with Crippen molar-refractivity contribution < 1.29 is 14.3 Å². The monoisotopic (exact) mass is 354 g/mol. The number of ether oxygens (including phenoxy) is 2. The quantitative estimate of drug-likeness (QED) is 0.830. The molecule has 1 aliphatic heterocycles. The van der Waals surface area contributed by atoms with Gasteiger partial charge in [-0.05, 0) is 23.3 Å². The van der Waals surface area contributed by atoms with Gasteiger partial charge in [-0.15, -0.1) is 0 Å². The molecule has 0 bridgehead atoms. The summed E-state index contributed by atoms with van der Waals surface area (Å²) in [5.74, 6) is 0.790. The summed E-state index contributed by atoms with van der Waals surface area (Å²) in [5.41, 5.74) is 2.17. The van der Waals surface area contributed by atoms with E-state index < -0.39 is 0 Å². The molecule has 3 rings (SSSR count). The Morgan fingerprint density at radius 1 is 1.15 bits per heavy atom. The van der Waals surface area contributed by atoms with Crippen LogP contribution >= 0.6 is 0 Å². The first-order valence-electron chi connectivity index (χ1n) is 9.02. The summed E-state index contributed by atoms with van der Waals surface area (Å²) in [5, 5.41) is 3.10. The predicted octanol–water partition coefficient (Wildman–Crippen LogP) is 2.43. The SMILES string of the molecule is COc1cccc(CC(=O)NCC(c2ccccc2)N2CCOCC2)c1. The number of amides is 1. The van der Waals surface area contributed by atoms with Gasteiger partial charge in [0.2, 0.25) is 5.91 Å². The fourth-order valence-corrected chi connectivity index (χ4v) is 3.26. The molecule has 1 saturated heterocycles. The minimum Gasteiger partial charge on any atom is -0.497 e. The maximum absolute atomic E-state index is 12.4. The standard InChI is InChI=1S/C21H26N2O3/c1-25-19-9-5-6-17(14-19)15-21(24)22-16-20(18-7-3-2-4-8-18)23-10-12-26-13-11-23/h2-9,14,20H,10-13,15-16H2,1H3,(H,22,24). The second kappa shape index (κ2) is 9.36. The zero-order chi connectivity index (χ0) is 18.2. The molecule has 2 aromatic rings. The molecule has 0 aliphatic carbocycles. The first kappa shape index (κ1) is 18.4. The van der Waals surface area contributed by atoms with Gasteiger partial charge in [0.15, 0.2) is 0 Å². The number of carbonyl (C=O) groups is 1. The highest BCUT2D eigenvalue weighted by molar-refractivity contribution is 5.78. The topological polar surface area (TPSA) is 50.8 Å². The van der Waals surface area contributed by atoms with Gasteiger partial charge < -0.3 is 14.8 Å². The lowest BCUT2D eigenvalue weighted by Gasteiger charge is -2.35. The summed E-state index contributed by atoms with van der Waals surface area (Å²) in [6, 6.07) is 18.1. The Labute approximate surface area is 154 Å². The maximum Gasteiger partial charge on any atom is 0.224 e. The van der Waals surface area contributed by atoms with Crippen LogP contribution in [0.3, 0.4) is 0 Å². The lowest BCUT2D eigenvalue weighted by molar-refractivity contribution is -0.120. The highest BCUT2D eigenvalue weighted by atomic mass is 16.5. The van der Waals surface area contributed by atoms with Gasteiger partial charge in [-0.25, -0.2) is 0 Å². The number of nitrogens with one attached hydrogen (secondary N) is 1. The third-order valence-electron chi connectivity index (χ3n) is 4.66. The summed E-state index contributed by atoms with van der Waals surface area (Å²) in [6.07, 6.45) is 0.349. The molecule has 5 heteroatoms. The molecule has 1 aliphatic rings. The lowest BCUT2D eigenvalue weighted by Crippen LogP contribution is -2.44. The van der Waals surface area contributed by atoms with Crippen LogP contribution in [0.1, 0.15) is 17.2 Å². The van der Waals surface area contributed by atoms with E-state index in [0.717, 1.165) is 37.6 Å². The number of benzene rings is 2. The zero-order valence-electron chi connectivity index (χ0n) is 15.2. The smallest absolute Gasteiger partial charge is 0.224 e. The summed E-state index contributed by atoms with van der Waals surface area (Å²) in [4.78, 5) is 14.8. The Morgan fingerprint density at radius 3 is 2.65 bits per heavy atom. The van der Waals surface area contributed by atoms with Crippen LogP contribution < -0.4 is 10.1 Å². The van der Waals surface area contributed by atoms with E-state index in [0.29, 0.717) is 13.0 Å². The van der Waals surface area contributed by atoms with Crippen LogP contribution in [0.2, 0.25) is 0 Å². The van der Waals surface area contributed by atoms with Crippen molar-refractivity contribution >= 4 is 5.91 Å². The molecular formula is C21H26N2O3. The molecule has 1 heterocycles. The van der Waals surface area contributed by atoms with E-state index in [-0.39, 0.29) is 11.9 Å². The number of morpholine rings is 1. The molecule has 1 N–H and O–H groups in total. The Balaban J connectivity index is 1.62. The van der Waals surface area contributed by atoms with E-state index in [1.54, 1.807) is 7.11 Å². The van der Waals surface area contributed by atoms with Gasteiger partial charge in [0.25, 0.3) is 0 Å². The van der Waals surface area contributed by atoms with E-state index in [2.05, 4.69) is 22.3 Å². The van der Waals surface area contributed by atoms with Crippen molar-refractivity contribution in [1.29, 1.82) is 0 Å². The predicted molar refractivity (Wildman–Crippen MR) is 101 cm³/mol. The highest BCUT2D eigenvalue weighted by Crippen LogP contribution is 2.21. The van der Waals surface area contributed by atoms with Gasteiger partial charge in [0.1, 0.15) is 5.75 Å². The van der Waals surface area contributed by atoms with Crippen LogP contribution in [-0.2, 0) is 16.0 Å². The van der Waals surface area contributed by atoms with Crippen molar-refractivity contribution in [2.45, 2.75) is 12.5 Å². The van der Waals surface area contributed by atoms with E-state index in [9.17, 15) is 4.79 Å². The Kier molecular flexibility index (Phi) is 6.63. The maximum atomic E-state index is 12.4. The normalized spacial score (nSPS) is 16.0. The number of nitrogens with zero attached hydrogens (tertiary/aromatic N) is 1. The summed E-state index contributed by atoms with van der Waals surface area (Å²) in [6.45, 7) is 3.83. The molecule has 0 saturated carbocycles. The fraction of sp³-hybridized carbons (Fsp3) is 0.381. The molecular weight excluding hydrogens is 328 g/mol. The number of carbonyl (C=O) groups excluding carboxylic acids is 1. The molecule has 1 unspecified atom stereocenters. The molecule has 2 aromatic carbocycles. The third-order valence-corrected chi connectivity index (χ3v) is 4.66. The molecule has 1 atom stereocenters. The summed E-state index contributed by atoms with van der Waals surface area (Å²) >= 11 is 0. The van der Waals surface area contributed by atoms with Gasteiger partial charge >= 0.3 is 0 Å². The molecule has 0 aromatic heterocycles. The number of hydrogen-bond donors (Lipinski definition) is 1. The van der Waals surface area contributed by atoms with E-state index in [1.807, 2.05) is 42.5 Å². The Bertz CT molecular complexity index is 699. The van der Waals surface area contributed by atoms with Gasteiger partial charge in [-0.1, -0.05) is 42.5 Å². The molecule has 138 valence electrons.